The lowest BCUT2D eigenvalue weighted by Crippen LogP contribution is -2.28. The predicted octanol–water partition coefficient (Wildman–Crippen LogP) is 5.64. The predicted molar refractivity (Wildman–Crippen MR) is 129 cm³/mol. The van der Waals surface area contributed by atoms with Gasteiger partial charge in [0.15, 0.2) is 5.76 Å². The molecule has 164 valence electrons. The van der Waals surface area contributed by atoms with Crippen LogP contribution in [0.1, 0.15) is 39.6 Å². The SMILES string of the molecule is O=C(CC(c1ccccc1)c1ccccc1)Nc1ccc2c(c1)N(C(=O)c1ccco1)CC2. The third-order valence-electron chi connectivity index (χ3n) is 6.04. The largest absolute Gasteiger partial charge is 0.459 e. The highest BCUT2D eigenvalue weighted by Gasteiger charge is 2.27. The van der Waals surface area contributed by atoms with Gasteiger partial charge in [0.1, 0.15) is 0 Å². The van der Waals surface area contributed by atoms with Gasteiger partial charge in [-0.25, -0.2) is 0 Å². The summed E-state index contributed by atoms with van der Waals surface area (Å²) in [6, 6.07) is 29.3. The second-order valence-electron chi connectivity index (χ2n) is 8.15. The van der Waals surface area contributed by atoms with Crippen molar-refractivity contribution in [3.8, 4) is 0 Å². The first-order valence-corrected chi connectivity index (χ1v) is 11.1. The van der Waals surface area contributed by atoms with Gasteiger partial charge in [-0.3, -0.25) is 9.59 Å². The number of rotatable bonds is 6. The van der Waals surface area contributed by atoms with Crippen LogP contribution in [0.5, 0.6) is 0 Å². The summed E-state index contributed by atoms with van der Waals surface area (Å²) in [5.74, 6) is 0.0229. The van der Waals surface area contributed by atoms with Crippen LogP contribution in [-0.2, 0) is 11.2 Å². The van der Waals surface area contributed by atoms with E-state index in [4.69, 9.17) is 4.42 Å². The fourth-order valence-corrected chi connectivity index (χ4v) is 4.40. The minimum absolute atomic E-state index is 0.0427. The summed E-state index contributed by atoms with van der Waals surface area (Å²) in [7, 11) is 0. The van der Waals surface area contributed by atoms with E-state index in [1.165, 1.54) is 6.26 Å². The van der Waals surface area contributed by atoms with Crippen molar-refractivity contribution >= 4 is 23.2 Å². The summed E-state index contributed by atoms with van der Waals surface area (Å²) in [4.78, 5) is 27.6. The molecule has 5 rings (SSSR count). The third kappa shape index (κ3) is 4.44. The van der Waals surface area contributed by atoms with Crippen LogP contribution < -0.4 is 10.2 Å². The Bertz CT molecular complexity index is 1210. The molecular weight excluding hydrogens is 412 g/mol. The van der Waals surface area contributed by atoms with Gasteiger partial charge in [0.25, 0.3) is 5.91 Å². The first-order valence-electron chi connectivity index (χ1n) is 11.1. The number of benzene rings is 3. The maximum absolute atomic E-state index is 13.1. The van der Waals surface area contributed by atoms with Gasteiger partial charge in [0, 0.05) is 30.3 Å². The number of nitrogens with one attached hydrogen (secondary N) is 1. The summed E-state index contributed by atoms with van der Waals surface area (Å²) in [5.41, 5.74) is 4.78. The molecular formula is C28H24N2O3. The van der Waals surface area contributed by atoms with Gasteiger partial charge in [-0.15, -0.1) is 0 Å². The Balaban J connectivity index is 1.35. The molecule has 1 aliphatic heterocycles. The zero-order valence-corrected chi connectivity index (χ0v) is 18.1. The van der Waals surface area contributed by atoms with Crippen LogP contribution in [0.15, 0.2) is 102 Å². The minimum Gasteiger partial charge on any atom is -0.459 e. The van der Waals surface area contributed by atoms with Crippen LogP contribution in [0.4, 0.5) is 11.4 Å². The van der Waals surface area contributed by atoms with Crippen molar-refractivity contribution in [2.24, 2.45) is 0 Å². The number of hydrogen-bond donors (Lipinski definition) is 1. The summed E-state index contributed by atoms with van der Waals surface area (Å²) in [5, 5.41) is 3.04. The van der Waals surface area contributed by atoms with Crippen LogP contribution in [0, 0.1) is 0 Å². The van der Waals surface area contributed by atoms with Crippen molar-refractivity contribution in [1.82, 2.24) is 0 Å². The highest BCUT2D eigenvalue weighted by Crippen LogP contribution is 2.33. The molecule has 0 aliphatic carbocycles. The molecule has 0 atom stereocenters. The molecule has 1 N–H and O–H groups in total. The molecule has 1 aromatic heterocycles. The molecule has 2 heterocycles. The normalized spacial score (nSPS) is 12.6. The second-order valence-corrected chi connectivity index (χ2v) is 8.15. The quantitative estimate of drug-likeness (QED) is 0.425. The molecule has 0 bridgehead atoms. The van der Waals surface area contributed by atoms with Crippen molar-refractivity contribution in [1.29, 1.82) is 0 Å². The molecule has 1 aliphatic rings. The lowest BCUT2D eigenvalue weighted by Gasteiger charge is -2.19. The van der Waals surface area contributed by atoms with Gasteiger partial charge < -0.3 is 14.6 Å². The lowest BCUT2D eigenvalue weighted by atomic mass is 9.88. The molecule has 5 heteroatoms. The monoisotopic (exact) mass is 436 g/mol. The highest BCUT2D eigenvalue weighted by molar-refractivity contribution is 6.06. The van der Waals surface area contributed by atoms with Crippen molar-refractivity contribution in [3.05, 3.63) is 120 Å². The zero-order valence-electron chi connectivity index (χ0n) is 18.1. The summed E-state index contributed by atoms with van der Waals surface area (Å²) in [6.45, 7) is 0.594. The Morgan fingerprint density at radius 3 is 2.21 bits per heavy atom. The third-order valence-corrected chi connectivity index (χ3v) is 6.04. The fourth-order valence-electron chi connectivity index (χ4n) is 4.40. The van der Waals surface area contributed by atoms with E-state index in [2.05, 4.69) is 29.6 Å². The molecule has 33 heavy (non-hydrogen) atoms. The van der Waals surface area contributed by atoms with E-state index in [0.717, 1.165) is 28.8 Å². The summed E-state index contributed by atoms with van der Waals surface area (Å²) < 4.78 is 5.28. The van der Waals surface area contributed by atoms with Crippen LogP contribution in [-0.4, -0.2) is 18.4 Å². The summed E-state index contributed by atoms with van der Waals surface area (Å²) in [6.07, 6.45) is 2.59. The molecule has 0 fully saturated rings. The Morgan fingerprint density at radius 2 is 1.58 bits per heavy atom. The van der Waals surface area contributed by atoms with Crippen LogP contribution in [0.2, 0.25) is 0 Å². The van der Waals surface area contributed by atoms with E-state index in [1.807, 2.05) is 54.6 Å². The van der Waals surface area contributed by atoms with Crippen molar-refractivity contribution in [3.63, 3.8) is 0 Å². The van der Waals surface area contributed by atoms with Crippen molar-refractivity contribution in [2.45, 2.75) is 18.8 Å². The number of furan rings is 1. The molecule has 4 aromatic rings. The Morgan fingerprint density at radius 1 is 0.879 bits per heavy atom. The number of hydrogen-bond acceptors (Lipinski definition) is 3. The summed E-state index contributed by atoms with van der Waals surface area (Å²) >= 11 is 0. The Kier molecular flexibility index (Phi) is 5.77. The molecule has 0 saturated heterocycles. The topological polar surface area (TPSA) is 62.6 Å². The van der Waals surface area contributed by atoms with E-state index < -0.39 is 0 Å². The average Bonchev–Trinajstić information content (AvgIpc) is 3.54. The molecule has 0 unspecified atom stereocenters. The number of carbonyl (C=O) groups is 2. The van der Waals surface area contributed by atoms with Crippen LogP contribution in [0.25, 0.3) is 0 Å². The van der Waals surface area contributed by atoms with Gasteiger partial charge in [-0.2, -0.15) is 0 Å². The number of carbonyl (C=O) groups excluding carboxylic acids is 2. The number of anilines is 2. The van der Waals surface area contributed by atoms with Gasteiger partial charge in [-0.05, 0) is 47.4 Å². The number of fused-ring (bicyclic) bond motifs is 1. The van der Waals surface area contributed by atoms with Crippen molar-refractivity contribution in [2.75, 3.05) is 16.8 Å². The number of nitrogens with zero attached hydrogens (tertiary/aromatic N) is 1. The Labute approximate surface area is 192 Å². The van der Waals surface area contributed by atoms with Gasteiger partial charge in [-0.1, -0.05) is 66.7 Å². The van der Waals surface area contributed by atoms with E-state index in [1.54, 1.807) is 17.0 Å². The lowest BCUT2D eigenvalue weighted by molar-refractivity contribution is -0.116. The van der Waals surface area contributed by atoms with Crippen LogP contribution >= 0.6 is 0 Å². The molecule has 2 amide bonds. The molecule has 0 spiro atoms. The van der Waals surface area contributed by atoms with Crippen molar-refractivity contribution < 1.29 is 14.0 Å². The fraction of sp³-hybridized carbons (Fsp3) is 0.143. The maximum Gasteiger partial charge on any atom is 0.293 e. The average molecular weight is 437 g/mol. The first-order chi connectivity index (χ1) is 16.2. The van der Waals surface area contributed by atoms with E-state index in [9.17, 15) is 9.59 Å². The zero-order chi connectivity index (χ0) is 22.6. The highest BCUT2D eigenvalue weighted by atomic mass is 16.3. The van der Waals surface area contributed by atoms with E-state index in [-0.39, 0.29) is 17.7 Å². The minimum atomic E-state index is -0.171. The molecule has 3 aromatic carbocycles. The molecule has 0 saturated carbocycles. The Hall–Kier alpha value is -4.12. The first kappa shape index (κ1) is 20.8. The van der Waals surface area contributed by atoms with E-state index in [0.29, 0.717) is 24.4 Å². The smallest absolute Gasteiger partial charge is 0.293 e. The van der Waals surface area contributed by atoms with Gasteiger partial charge in [0.05, 0.1) is 6.26 Å². The van der Waals surface area contributed by atoms with Gasteiger partial charge in [0.2, 0.25) is 5.91 Å². The molecule has 5 nitrogen and oxygen atoms in total. The maximum atomic E-state index is 13.1. The van der Waals surface area contributed by atoms with E-state index >= 15 is 0 Å². The standard InChI is InChI=1S/C28H24N2O3/c31-27(19-24(20-8-3-1-4-9-20)21-10-5-2-6-11-21)29-23-14-13-22-15-16-30(25(22)18-23)28(32)26-12-7-17-33-26/h1-14,17-18,24H,15-16,19H2,(H,29,31). The van der Waals surface area contributed by atoms with Gasteiger partial charge >= 0.3 is 0 Å². The number of amides is 2. The van der Waals surface area contributed by atoms with Crippen LogP contribution in [0.3, 0.4) is 0 Å². The second kappa shape index (κ2) is 9.17. The molecule has 0 radical (unpaired) electrons.